The van der Waals surface area contributed by atoms with Crippen LogP contribution in [-0.2, 0) is 0 Å². The molecule has 1 saturated heterocycles. The maximum absolute atomic E-state index is 6.61. The Morgan fingerprint density at radius 1 is 1.25 bits per heavy atom. The minimum absolute atomic E-state index is 0.00590. The van der Waals surface area contributed by atoms with E-state index in [-0.39, 0.29) is 5.38 Å². The number of rotatable bonds is 3. The molecule has 0 spiro atoms. The van der Waals surface area contributed by atoms with Crippen molar-refractivity contribution in [3.8, 4) is 11.5 Å². The average molecular weight is 296 g/mol. The quantitative estimate of drug-likeness (QED) is 0.795. The Kier molecular flexibility index (Phi) is 4.37. The van der Waals surface area contributed by atoms with E-state index in [1.165, 1.54) is 19.3 Å². The minimum atomic E-state index is 0.00590. The van der Waals surface area contributed by atoms with Gasteiger partial charge in [0.05, 0.1) is 5.38 Å². The lowest BCUT2D eigenvalue weighted by atomic mass is 10.0. The zero-order valence-electron chi connectivity index (χ0n) is 12.0. The number of benzene rings is 1. The molecule has 4 heteroatoms. The summed E-state index contributed by atoms with van der Waals surface area (Å²) in [5.41, 5.74) is 1.12. The predicted octanol–water partition coefficient (Wildman–Crippen LogP) is 3.61. The predicted molar refractivity (Wildman–Crippen MR) is 80.9 cm³/mol. The Balaban J connectivity index is 1.68. The van der Waals surface area contributed by atoms with E-state index in [1.54, 1.807) is 0 Å². The van der Waals surface area contributed by atoms with Gasteiger partial charge < -0.3 is 9.47 Å². The molecule has 1 fully saturated rings. The van der Waals surface area contributed by atoms with Crippen LogP contribution in [0, 0.1) is 0 Å². The lowest BCUT2D eigenvalue weighted by Gasteiger charge is -2.34. The fourth-order valence-corrected chi connectivity index (χ4v) is 3.31. The molecule has 0 N–H and O–H groups in total. The first-order valence-corrected chi connectivity index (χ1v) is 7.95. The van der Waals surface area contributed by atoms with E-state index in [2.05, 4.69) is 17.9 Å². The Labute approximate surface area is 125 Å². The monoisotopic (exact) mass is 295 g/mol. The normalized spacial score (nSPS) is 24.4. The molecule has 0 bridgehead atoms. The molecule has 20 heavy (non-hydrogen) atoms. The second-order valence-corrected chi connectivity index (χ2v) is 6.24. The summed E-state index contributed by atoms with van der Waals surface area (Å²) in [6, 6.07) is 6.70. The molecule has 3 nitrogen and oxygen atoms in total. The number of nitrogens with zero attached hydrogens (tertiary/aromatic N) is 1. The Morgan fingerprint density at radius 2 is 2.05 bits per heavy atom. The molecular formula is C16H22ClNO2. The Hall–Kier alpha value is -0.930. The summed E-state index contributed by atoms with van der Waals surface area (Å²) in [5, 5.41) is 0.00590. The van der Waals surface area contributed by atoms with Crippen LogP contribution in [0.15, 0.2) is 18.2 Å². The lowest BCUT2D eigenvalue weighted by molar-refractivity contribution is 0.160. The highest BCUT2D eigenvalue weighted by atomic mass is 35.5. The van der Waals surface area contributed by atoms with E-state index < -0.39 is 0 Å². The van der Waals surface area contributed by atoms with Crippen molar-refractivity contribution in [1.82, 2.24) is 4.90 Å². The molecule has 0 amide bonds. The van der Waals surface area contributed by atoms with Gasteiger partial charge in [0.15, 0.2) is 11.5 Å². The van der Waals surface area contributed by atoms with Crippen LogP contribution in [0.4, 0.5) is 0 Å². The highest BCUT2D eigenvalue weighted by molar-refractivity contribution is 6.21. The second kappa shape index (κ2) is 6.23. The van der Waals surface area contributed by atoms with Gasteiger partial charge in [-0.1, -0.05) is 12.5 Å². The standard InChI is InChI=1S/C16H22ClNO2/c1-12-4-2-3-7-18(12)11-14(17)13-5-6-15-16(10-13)20-9-8-19-15/h5-6,10,12,14H,2-4,7-9,11H2,1H3. The van der Waals surface area contributed by atoms with Crippen molar-refractivity contribution in [3.63, 3.8) is 0 Å². The average Bonchev–Trinajstić information content (AvgIpc) is 2.49. The number of likely N-dealkylation sites (tertiary alicyclic amines) is 1. The number of halogens is 1. The lowest BCUT2D eigenvalue weighted by Crippen LogP contribution is -2.39. The van der Waals surface area contributed by atoms with E-state index in [9.17, 15) is 0 Å². The smallest absolute Gasteiger partial charge is 0.161 e. The molecular weight excluding hydrogens is 274 g/mol. The maximum atomic E-state index is 6.61. The summed E-state index contributed by atoms with van der Waals surface area (Å²) in [7, 11) is 0. The first-order chi connectivity index (χ1) is 9.74. The molecule has 2 aliphatic heterocycles. The minimum Gasteiger partial charge on any atom is -0.486 e. The first kappa shape index (κ1) is 14.0. The van der Waals surface area contributed by atoms with Crippen molar-refractivity contribution < 1.29 is 9.47 Å². The van der Waals surface area contributed by atoms with Gasteiger partial charge in [-0.3, -0.25) is 4.90 Å². The van der Waals surface area contributed by atoms with Gasteiger partial charge in [-0.15, -0.1) is 11.6 Å². The van der Waals surface area contributed by atoms with Crippen LogP contribution in [0.5, 0.6) is 11.5 Å². The zero-order valence-corrected chi connectivity index (χ0v) is 12.7. The highest BCUT2D eigenvalue weighted by Crippen LogP contribution is 2.35. The molecule has 2 atom stereocenters. The third-order valence-corrected chi connectivity index (χ3v) is 4.65. The van der Waals surface area contributed by atoms with Crippen molar-refractivity contribution in [2.45, 2.75) is 37.6 Å². The van der Waals surface area contributed by atoms with E-state index >= 15 is 0 Å². The largest absolute Gasteiger partial charge is 0.486 e. The summed E-state index contributed by atoms with van der Waals surface area (Å²) >= 11 is 6.61. The molecule has 2 aliphatic rings. The fourth-order valence-electron chi connectivity index (χ4n) is 2.99. The van der Waals surface area contributed by atoms with Crippen LogP contribution in [-0.4, -0.2) is 37.2 Å². The van der Waals surface area contributed by atoms with Gasteiger partial charge in [0.25, 0.3) is 0 Å². The van der Waals surface area contributed by atoms with Crippen LogP contribution in [0.2, 0.25) is 0 Å². The summed E-state index contributed by atoms with van der Waals surface area (Å²) in [4.78, 5) is 2.50. The van der Waals surface area contributed by atoms with Crippen molar-refractivity contribution in [2.75, 3.05) is 26.3 Å². The van der Waals surface area contributed by atoms with Gasteiger partial charge in [-0.25, -0.2) is 0 Å². The molecule has 2 heterocycles. The molecule has 0 saturated carbocycles. The molecule has 1 aromatic carbocycles. The van der Waals surface area contributed by atoms with Crippen LogP contribution in [0.3, 0.4) is 0 Å². The zero-order chi connectivity index (χ0) is 13.9. The SMILES string of the molecule is CC1CCCCN1CC(Cl)c1ccc2c(c1)OCCO2. The Bertz CT molecular complexity index is 466. The van der Waals surface area contributed by atoms with Crippen LogP contribution in [0.1, 0.15) is 37.1 Å². The third-order valence-electron chi connectivity index (χ3n) is 4.26. The van der Waals surface area contributed by atoms with Gasteiger partial charge in [0.2, 0.25) is 0 Å². The molecule has 0 radical (unpaired) electrons. The van der Waals surface area contributed by atoms with E-state index in [0.29, 0.717) is 19.3 Å². The summed E-state index contributed by atoms with van der Waals surface area (Å²) in [5.74, 6) is 1.65. The molecule has 0 aliphatic carbocycles. The van der Waals surface area contributed by atoms with Gasteiger partial charge in [-0.2, -0.15) is 0 Å². The number of alkyl halides is 1. The van der Waals surface area contributed by atoms with Crippen LogP contribution in [0.25, 0.3) is 0 Å². The van der Waals surface area contributed by atoms with Gasteiger partial charge in [0.1, 0.15) is 13.2 Å². The molecule has 110 valence electrons. The van der Waals surface area contributed by atoms with Crippen molar-refractivity contribution in [2.24, 2.45) is 0 Å². The van der Waals surface area contributed by atoms with E-state index in [0.717, 1.165) is 30.2 Å². The number of hydrogen-bond acceptors (Lipinski definition) is 3. The third kappa shape index (κ3) is 3.04. The first-order valence-electron chi connectivity index (χ1n) is 7.52. The number of hydrogen-bond donors (Lipinski definition) is 0. The van der Waals surface area contributed by atoms with Crippen molar-refractivity contribution in [3.05, 3.63) is 23.8 Å². The van der Waals surface area contributed by atoms with E-state index in [4.69, 9.17) is 21.1 Å². The van der Waals surface area contributed by atoms with Crippen LogP contribution < -0.4 is 9.47 Å². The van der Waals surface area contributed by atoms with E-state index in [1.807, 2.05) is 12.1 Å². The highest BCUT2D eigenvalue weighted by Gasteiger charge is 2.22. The van der Waals surface area contributed by atoms with Gasteiger partial charge >= 0.3 is 0 Å². The summed E-state index contributed by atoms with van der Waals surface area (Å²) < 4.78 is 11.2. The summed E-state index contributed by atoms with van der Waals surface area (Å²) in [6.45, 7) is 5.61. The number of fused-ring (bicyclic) bond motifs is 1. The molecule has 2 unspecified atom stereocenters. The summed E-state index contributed by atoms with van der Waals surface area (Å²) in [6.07, 6.45) is 3.91. The van der Waals surface area contributed by atoms with Crippen LogP contribution >= 0.6 is 11.6 Å². The van der Waals surface area contributed by atoms with Crippen molar-refractivity contribution in [1.29, 1.82) is 0 Å². The maximum Gasteiger partial charge on any atom is 0.161 e. The number of ether oxygens (including phenoxy) is 2. The van der Waals surface area contributed by atoms with Gasteiger partial charge in [-0.05, 0) is 44.0 Å². The topological polar surface area (TPSA) is 21.7 Å². The molecule has 3 rings (SSSR count). The number of piperidine rings is 1. The van der Waals surface area contributed by atoms with Gasteiger partial charge in [0, 0.05) is 12.6 Å². The van der Waals surface area contributed by atoms with Crippen molar-refractivity contribution >= 4 is 11.6 Å². The molecule has 0 aromatic heterocycles. The molecule has 1 aromatic rings. The second-order valence-electron chi connectivity index (χ2n) is 5.71. The fraction of sp³-hybridized carbons (Fsp3) is 0.625. The Morgan fingerprint density at radius 3 is 2.85 bits per heavy atom.